The summed E-state index contributed by atoms with van der Waals surface area (Å²) < 4.78 is 0. The fraction of sp³-hybridized carbons (Fsp3) is 0.476. The molecule has 2 atom stereocenters. The first kappa shape index (κ1) is 21.9. The maximum Gasteiger partial charge on any atom is 0.0479 e. The number of benzene rings is 1. The molecule has 25 heavy (non-hydrogen) atoms. The monoisotopic (exact) mass is 378 g/mol. The Kier molecular flexibility index (Phi) is 11.4. The third-order valence-electron chi connectivity index (χ3n) is 3.98. The molecule has 0 amide bonds. The fourth-order valence-electron chi connectivity index (χ4n) is 2.35. The summed E-state index contributed by atoms with van der Waals surface area (Å²) in [6.45, 7) is 5.31. The van der Waals surface area contributed by atoms with Crippen LogP contribution in [0.1, 0.15) is 38.7 Å². The SMILES string of the molecule is CCC(C=NCC(C)C/C=C/c1cc(N)ccc1Cl)C/C=C\CSC. The van der Waals surface area contributed by atoms with Gasteiger partial charge in [0, 0.05) is 29.2 Å². The van der Waals surface area contributed by atoms with Crippen LogP contribution in [0.2, 0.25) is 5.02 Å². The number of nitrogens with zero attached hydrogens (tertiary/aromatic N) is 1. The van der Waals surface area contributed by atoms with Crippen LogP contribution in [0.5, 0.6) is 0 Å². The second kappa shape index (κ2) is 13.1. The van der Waals surface area contributed by atoms with Crippen LogP contribution in [0, 0.1) is 11.8 Å². The molecule has 0 aliphatic carbocycles. The van der Waals surface area contributed by atoms with Crippen molar-refractivity contribution < 1.29 is 0 Å². The zero-order valence-corrected chi connectivity index (χ0v) is 17.2. The van der Waals surface area contributed by atoms with Gasteiger partial charge in [0.1, 0.15) is 0 Å². The molecule has 0 fully saturated rings. The van der Waals surface area contributed by atoms with Crippen molar-refractivity contribution in [2.45, 2.75) is 33.1 Å². The van der Waals surface area contributed by atoms with Crippen LogP contribution in [0.3, 0.4) is 0 Å². The standard InChI is InChI=1S/C21H31ClN2S/c1-4-18(9-5-6-13-25-3)16-24-15-17(2)8-7-10-19-14-20(23)11-12-21(19)22/h5-7,10-12,14,16-18H,4,8-9,13,15,23H2,1-3H3/b6-5-,10-7+,24-16?. The van der Waals surface area contributed by atoms with Crippen LogP contribution in [-0.4, -0.2) is 24.8 Å². The third-order valence-corrected chi connectivity index (χ3v) is 4.85. The van der Waals surface area contributed by atoms with Crippen molar-refractivity contribution in [1.82, 2.24) is 0 Å². The highest BCUT2D eigenvalue weighted by Crippen LogP contribution is 2.20. The maximum absolute atomic E-state index is 6.17. The van der Waals surface area contributed by atoms with E-state index in [1.807, 2.05) is 36.0 Å². The molecule has 1 aromatic rings. The first-order chi connectivity index (χ1) is 12.1. The predicted octanol–water partition coefficient (Wildman–Crippen LogP) is 6.37. The summed E-state index contributed by atoms with van der Waals surface area (Å²) in [6, 6.07) is 5.55. The summed E-state index contributed by atoms with van der Waals surface area (Å²) in [5.74, 6) is 2.15. The van der Waals surface area contributed by atoms with E-state index >= 15 is 0 Å². The van der Waals surface area contributed by atoms with Gasteiger partial charge >= 0.3 is 0 Å². The molecule has 0 aliphatic rings. The Hall–Kier alpha value is -1.19. The number of rotatable bonds is 11. The Bertz CT molecular complexity index is 581. The molecule has 0 aromatic heterocycles. The first-order valence-electron chi connectivity index (χ1n) is 8.92. The average Bonchev–Trinajstić information content (AvgIpc) is 2.60. The minimum atomic E-state index is 0.511. The Morgan fingerprint density at radius 3 is 2.76 bits per heavy atom. The predicted molar refractivity (Wildman–Crippen MR) is 118 cm³/mol. The highest BCUT2D eigenvalue weighted by Gasteiger charge is 2.02. The minimum absolute atomic E-state index is 0.511. The van der Waals surface area contributed by atoms with Crippen LogP contribution in [-0.2, 0) is 0 Å². The number of halogens is 1. The summed E-state index contributed by atoms with van der Waals surface area (Å²) >= 11 is 8.02. The lowest BCUT2D eigenvalue weighted by atomic mass is 10.0. The van der Waals surface area contributed by atoms with Gasteiger partial charge in [0.15, 0.2) is 0 Å². The molecule has 2 unspecified atom stereocenters. The zero-order valence-electron chi connectivity index (χ0n) is 15.6. The molecule has 0 aliphatic heterocycles. The summed E-state index contributed by atoms with van der Waals surface area (Å²) in [5, 5.41) is 0.733. The van der Waals surface area contributed by atoms with Gasteiger partial charge in [-0.2, -0.15) is 11.8 Å². The van der Waals surface area contributed by atoms with Crippen LogP contribution in [0.25, 0.3) is 6.08 Å². The second-order valence-electron chi connectivity index (χ2n) is 6.37. The Morgan fingerprint density at radius 1 is 1.24 bits per heavy atom. The summed E-state index contributed by atoms with van der Waals surface area (Å²) in [7, 11) is 0. The zero-order chi connectivity index (χ0) is 18.5. The van der Waals surface area contributed by atoms with Crippen molar-refractivity contribution in [3.63, 3.8) is 0 Å². The van der Waals surface area contributed by atoms with Gasteiger partial charge in [0.05, 0.1) is 0 Å². The van der Waals surface area contributed by atoms with Crippen LogP contribution in [0.4, 0.5) is 5.69 Å². The molecular formula is C21H31ClN2S. The summed E-state index contributed by atoms with van der Waals surface area (Å²) in [5.41, 5.74) is 7.51. The van der Waals surface area contributed by atoms with Crippen LogP contribution >= 0.6 is 23.4 Å². The molecule has 1 aromatic carbocycles. The highest BCUT2D eigenvalue weighted by molar-refractivity contribution is 7.98. The number of aliphatic imine (C=N–C) groups is 1. The molecule has 2 N–H and O–H groups in total. The molecule has 138 valence electrons. The van der Waals surface area contributed by atoms with Crippen molar-refractivity contribution in [3.8, 4) is 0 Å². The highest BCUT2D eigenvalue weighted by atomic mass is 35.5. The lowest BCUT2D eigenvalue weighted by molar-refractivity contribution is 0.603. The molecular weight excluding hydrogens is 348 g/mol. The number of allylic oxidation sites excluding steroid dienone is 2. The van der Waals surface area contributed by atoms with E-state index < -0.39 is 0 Å². The van der Waals surface area contributed by atoms with Gasteiger partial charge in [-0.05, 0) is 61.1 Å². The van der Waals surface area contributed by atoms with E-state index in [1.54, 1.807) is 0 Å². The topological polar surface area (TPSA) is 38.4 Å². The number of hydrogen-bond acceptors (Lipinski definition) is 3. The van der Waals surface area contributed by atoms with Gasteiger partial charge in [-0.25, -0.2) is 0 Å². The van der Waals surface area contributed by atoms with Crippen molar-refractivity contribution in [3.05, 3.63) is 47.0 Å². The summed E-state index contributed by atoms with van der Waals surface area (Å²) in [4.78, 5) is 4.65. The Labute approximate surface area is 162 Å². The summed E-state index contributed by atoms with van der Waals surface area (Å²) in [6.07, 6.45) is 16.2. The molecule has 0 heterocycles. The van der Waals surface area contributed by atoms with Gasteiger partial charge in [0.25, 0.3) is 0 Å². The minimum Gasteiger partial charge on any atom is -0.399 e. The van der Waals surface area contributed by atoms with E-state index in [2.05, 4.69) is 49.5 Å². The quantitative estimate of drug-likeness (QED) is 0.276. The van der Waals surface area contributed by atoms with Gasteiger partial charge in [-0.15, -0.1) is 0 Å². The van der Waals surface area contributed by atoms with Gasteiger partial charge in [-0.3, -0.25) is 4.99 Å². The maximum atomic E-state index is 6.17. The number of anilines is 1. The van der Waals surface area contributed by atoms with Crippen molar-refractivity contribution in [2.24, 2.45) is 16.8 Å². The fourth-order valence-corrected chi connectivity index (χ4v) is 2.86. The van der Waals surface area contributed by atoms with Crippen LogP contribution in [0.15, 0.2) is 41.4 Å². The van der Waals surface area contributed by atoms with Gasteiger partial charge in [0.2, 0.25) is 0 Å². The lowest BCUT2D eigenvalue weighted by Crippen LogP contribution is -2.03. The largest absolute Gasteiger partial charge is 0.399 e. The molecule has 0 saturated carbocycles. The van der Waals surface area contributed by atoms with Crippen LogP contribution < -0.4 is 5.73 Å². The normalized spacial score (nSPS) is 14.7. The number of hydrogen-bond donors (Lipinski definition) is 1. The van der Waals surface area contributed by atoms with Crippen molar-refractivity contribution in [1.29, 1.82) is 0 Å². The van der Waals surface area contributed by atoms with E-state index in [4.69, 9.17) is 17.3 Å². The first-order valence-corrected chi connectivity index (χ1v) is 10.7. The lowest BCUT2D eigenvalue weighted by Gasteiger charge is -2.08. The number of nitrogen functional groups attached to an aromatic ring is 1. The van der Waals surface area contributed by atoms with E-state index in [1.165, 1.54) is 0 Å². The van der Waals surface area contributed by atoms with Gasteiger partial charge < -0.3 is 5.73 Å². The van der Waals surface area contributed by atoms with Crippen molar-refractivity contribution >= 4 is 41.3 Å². The molecule has 0 radical (unpaired) electrons. The average molecular weight is 379 g/mol. The van der Waals surface area contributed by atoms with Crippen molar-refractivity contribution in [2.75, 3.05) is 24.3 Å². The number of thioether (sulfide) groups is 1. The van der Waals surface area contributed by atoms with E-state index in [9.17, 15) is 0 Å². The van der Waals surface area contributed by atoms with E-state index in [0.717, 1.165) is 47.8 Å². The third kappa shape index (κ3) is 9.76. The second-order valence-corrected chi connectivity index (χ2v) is 7.69. The van der Waals surface area contributed by atoms with Gasteiger partial charge in [-0.1, -0.05) is 49.8 Å². The molecule has 0 spiro atoms. The molecule has 1 rings (SSSR count). The Balaban J connectivity index is 2.39. The molecule has 0 saturated heterocycles. The molecule has 4 heteroatoms. The number of nitrogens with two attached hydrogens (primary N) is 1. The smallest absolute Gasteiger partial charge is 0.0479 e. The van der Waals surface area contributed by atoms with E-state index in [-0.39, 0.29) is 0 Å². The molecule has 0 bridgehead atoms. The molecule has 2 nitrogen and oxygen atoms in total. The Morgan fingerprint density at radius 2 is 2.04 bits per heavy atom. The van der Waals surface area contributed by atoms with E-state index in [0.29, 0.717) is 11.8 Å².